The first-order chi connectivity index (χ1) is 15.2. The summed E-state index contributed by atoms with van der Waals surface area (Å²) in [5, 5.41) is 2.54. The number of hydrogen-bond donors (Lipinski definition) is 1. The standard InChI is InChI=1S/C21H15F4N3O3S/c1-30-18-7-16-13(4-11(18)8-29)17(2-3-26-16)31-12-5-14(22)19(15(23)6-12)27-20(32)28-9-21(24,25)10-28/h2-8H,9-10H2,1H3,(H,27,32). The van der Waals surface area contributed by atoms with Crippen LogP contribution in [-0.2, 0) is 0 Å². The van der Waals surface area contributed by atoms with Crippen molar-refractivity contribution in [1.29, 1.82) is 0 Å². The number of anilines is 1. The van der Waals surface area contributed by atoms with Crippen molar-refractivity contribution in [3.63, 3.8) is 0 Å². The Hall–Kier alpha value is -3.47. The number of benzene rings is 2. The van der Waals surface area contributed by atoms with Crippen LogP contribution in [0.4, 0.5) is 23.2 Å². The highest BCUT2D eigenvalue weighted by molar-refractivity contribution is 7.80. The molecule has 3 aromatic rings. The average molecular weight is 465 g/mol. The van der Waals surface area contributed by atoms with Crippen molar-refractivity contribution >= 4 is 40.2 Å². The predicted octanol–water partition coefficient (Wildman–Crippen LogP) is 4.77. The molecular formula is C21H15F4N3O3S. The summed E-state index contributed by atoms with van der Waals surface area (Å²) in [6.07, 6.45) is 2.04. The van der Waals surface area contributed by atoms with Crippen LogP contribution in [0, 0.1) is 11.6 Å². The molecule has 1 aromatic heterocycles. The van der Waals surface area contributed by atoms with E-state index in [9.17, 15) is 22.4 Å². The van der Waals surface area contributed by atoms with E-state index in [2.05, 4.69) is 10.3 Å². The molecule has 1 N–H and O–H groups in total. The van der Waals surface area contributed by atoms with Gasteiger partial charge in [0.2, 0.25) is 0 Å². The van der Waals surface area contributed by atoms with Crippen LogP contribution in [0.15, 0.2) is 36.5 Å². The molecule has 166 valence electrons. The van der Waals surface area contributed by atoms with E-state index in [1.54, 1.807) is 6.07 Å². The zero-order valence-electron chi connectivity index (χ0n) is 16.5. The molecule has 32 heavy (non-hydrogen) atoms. The number of halogens is 4. The molecule has 11 heteroatoms. The summed E-state index contributed by atoms with van der Waals surface area (Å²) in [5.41, 5.74) is 0.117. The van der Waals surface area contributed by atoms with Gasteiger partial charge in [-0.15, -0.1) is 0 Å². The molecule has 0 atom stereocenters. The quantitative estimate of drug-likeness (QED) is 0.331. The normalized spacial score (nSPS) is 14.6. The third kappa shape index (κ3) is 4.15. The Morgan fingerprint density at radius 2 is 1.88 bits per heavy atom. The molecule has 2 aromatic carbocycles. The number of fused-ring (bicyclic) bond motifs is 1. The molecule has 6 nitrogen and oxygen atoms in total. The number of hydrogen-bond acceptors (Lipinski definition) is 5. The molecule has 0 aliphatic carbocycles. The van der Waals surface area contributed by atoms with Crippen LogP contribution >= 0.6 is 12.2 Å². The third-order valence-electron chi connectivity index (χ3n) is 4.79. The highest BCUT2D eigenvalue weighted by Crippen LogP contribution is 2.35. The number of likely N-dealkylation sites (tertiary alicyclic amines) is 1. The Morgan fingerprint density at radius 1 is 1.19 bits per heavy atom. The molecule has 0 bridgehead atoms. The lowest BCUT2D eigenvalue weighted by atomic mass is 10.1. The number of aldehydes is 1. The van der Waals surface area contributed by atoms with Gasteiger partial charge in [-0.1, -0.05) is 0 Å². The van der Waals surface area contributed by atoms with Gasteiger partial charge in [-0.25, -0.2) is 17.6 Å². The molecule has 1 fully saturated rings. The Balaban J connectivity index is 1.60. The molecule has 0 saturated carbocycles. The molecule has 1 saturated heterocycles. The number of carbonyl (C=O) groups is 1. The number of methoxy groups -OCH3 is 1. The topological polar surface area (TPSA) is 63.7 Å². The van der Waals surface area contributed by atoms with E-state index in [1.165, 1.54) is 25.4 Å². The van der Waals surface area contributed by atoms with Crippen LogP contribution in [0.3, 0.4) is 0 Å². The molecule has 2 heterocycles. The highest BCUT2D eigenvalue weighted by Gasteiger charge is 2.45. The monoisotopic (exact) mass is 465 g/mol. The summed E-state index contributed by atoms with van der Waals surface area (Å²) < 4.78 is 65.9. The van der Waals surface area contributed by atoms with E-state index < -0.39 is 36.3 Å². The number of rotatable bonds is 5. The lowest BCUT2D eigenvalue weighted by molar-refractivity contribution is -0.0999. The van der Waals surface area contributed by atoms with Crippen LogP contribution in [-0.4, -0.2) is 47.4 Å². The van der Waals surface area contributed by atoms with Gasteiger partial charge in [-0.2, -0.15) is 0 Å². The second-order valence-corrected chi connectivity index (χ2v) is 7.43. The molecule has 0 unspecified atom stereocenters. The summed E-state index contributed by atoms with van der Waals surface area (Å²) in [6.45, 7) is -1.24. The van der Waals surface area contributed by atoms with Crippen LogP contribution in [0.5, 0.6) is 17.2 Å². The molecule has 0 radical (unpaired) electrons. The zero-order valence-corrected chi connectivity index (χ0v) is 17.3. The van der Waals surface area contributed by atoms with Gasteiger partial charge in [-0.3, -0.25) is 9.78 Å². The average Bonchev–Trinajstić information content (AvgIpc) is 2.73. The summed E-state index contributed by atoms with van der Waals surface area (Å²) in [7, 11) is 1.41. The van der Waals surface area contributed by atoms with Gasteiger partial charge in [0, 0.05) is 29.8 Å². The van der Waals surface area contributed by atoms with Crippen molar-refractivity contribution in [1.82, 2.24) is 9.88 Å². The fourth-order valence-electron chi connectivity index (χ4n) is 3.22. The first-order valence-electron chi connectivity index (χ1n) is 9.23. The summed E-state index contributed by atoms with van der Waals surface area (Å²) in [4.78, 5) is 16.6. The lowest BCUT2D eigenvalue weighted by Crippen LogP contribution is -2.59. The number of pyridine rings is 1. The third-order valence-corrected chi connectivity index (χ3v) is 5.15. The number of carbonyl (C=O) groups excluding carboxylic acids is 1. The fraction of sp³-hybridized carbons (Fsp3) is 0.190. The number of nitrogens with one attached hydrogen (secondary N) is 1. The van der Waals surface area contributed by atoms with Crippen molar-refractivity contribution in [2.75, 3.05) is 25.5 Å². The van der Waals surface area contributed by atoms with Crippen molar-refractivity contribution < 1.29 is 31.8 Å². The zero-order chi connectivity index (χ0) is 23.0. The first-order valence-corrected chi connectivity index (χ1v) is 9.64. The molecule has 1 aliphatic heterocycles. The first kappa shape index (κ1) is 21.8. The van der Waals surface area contributed by atoms with E-state index in [0.29, 0.717) is 22.9 Å². The van der Waals surface area contributed by atoms with Gasteiger partial charge >= 0.3 is 0 Å². The largest absolute Gasteiger partial charge is 0.496 e. The number of alkyl halides is 2. The number of thiocarbonyl (C=S) groups is 1. The van der Waals surface area contributed by atoms with E-state index in [1.807, 2.05) is 0 Å². The molecular weight excluding hydrogens is 450 g/mol. The van der Waals surface area contributed by atoms with Gasteiger partial charge in [0.15, 0.2) is 23.0 Å². The maximum absolute atomic E-state index is 14.6. The number of aromatic nitrogens is 1. The van der Waals surface area contributed by atoms with Crippen molar-refractivity contribution in [3.05, 3.63) is 53.7 Å². The van der Waals surface area contributed by atoms with Crippen LogP contribution < -0.4 is 14.8 Å². The smallest absolute Gasteiger partial charge is 0.282 e. The SMILES string of the molecule is COc1cc2nccc(Oc3cc(F)c(NC(=S)N4CC(F)(F)C4)c(F)c3)c2cc1C=O. The Morgan fingerprint density at radius 3 is 2.47 bits per heavy atom. The predicted molar refractivity (Wildman–Crippen MR) is 113 cm³/mol. The minimum absolute atomic E-state index is 0.164. The van der Waals surface area contributed by atoms with Gasteiger partial charge < -0.3 is 19.7 Å². The van der Waals surface area contributed by atoms with Gasteiger partial charge in [0.05, 0.1) is 31.3 Å². The van der Waals surface area contributed by atoms with Crippen LogP contribution in [0.1, 0.15) is 10.4 Å². The molecule has 0 spiro atoms. The van der Waals surface area contributed by atoms with Crippen molar-refractivity contribution in [2.24, 2.45) is 0 Å². The number of nitrogens with zero attached hydrogens (tertiary/aromatic N) is 2. The van der Waals surface area contributed by atoms with E-state index in [0.717, 1.165) is 17.0 Å². The highest BCUT2D eigenvalue weighted by atomic mass is 32.1. The van der Waals surface area contributed by atoms with Gasteiger partial charge in [-0.05, 0) is 24.4 Å². The van der Waals surface area contributed by atoms with Gasteiger partial charge in [0.1, 0.15) is 22.9 Å². The summed E-state index contributed by atoms with van der Waals surface area (Å²) >= 11 is 4.94. The van der Waals surface area contributed by atoms with E-state index >= 15 is 0 Å². The summed E-state index contributed by atoms with van der Waals surface area (Å²) in [5.74, 6) is -4.56. The molecule has 4 rings (SSSR count). The van der Waals surface area contributed by atoms with Crippen molar-refractivity contribution in [2.45, 2.75) is 5.92 Å². The fourth-order valence-corrected chi connectivity index (χ4v) is 3.45. The molecule has 1 aliphatic rings. The Bertz CT molecular complexity index is 1210. The van der Waals surface area contributed by atoms with E-state index in [-0.39, 0.29) is 22.2 Å². The minimum Gasteiger partial charge on any atom is -0.496 e. The van der Waals surface area contributed by atoms with Crippen molar-refractivity contribution in [3.8, 4) is 17.2 Å². The number of ether oxygens (including phenoxy) is 2. The Kier molecular flexibility index (Phi) is 5.59. The summed E-state index contributed by atoms with van der Waals surface area (Å²) in [6, 6.07) is 6.36. The van der Waals surface area contributed by atoms with E-state index in [4.69, 9.17) is 21.7 Å². The maximum atomic E-state index is 14.6. The molecule has 0 amide bonds. The second kappa shape index (κ2) is 8.23. The van der Waals surface area contributed by atoms with Gasteiger partial charge in [0.25, 0.3) is 5.92 Å². The Labute approximate surface area is 184 Å². The maximum Gasteiger partial charge on any atom is 0.282 e. The second-order valence-electron chi connectivity index (χ2n) is 7.04. The van der Waals surface area contributed by atoms with Crippen LogP contribution in [0.25, 0.3) is 10.9 Å². The minimum atomic E-state index is -2.87. The lowest BCUT2D eigenvalue weighted by Gasteiger charge is -2.40. The van der Waals surface area contributed by atoms with Crippen LogP contribution in [0.2, 0.25) is 0 Å².